The lowest BCUT2D eigenvalue weighted by Gasteiger charge is -2.35. The van der Waals surface area contributed by atoms with Crippen LogP contribution in [-0.2, 0) is 11.2 Å². The van der Waals surface area contributed by atoms with E-state index in [1.54, 1.807) is 0 Å². The second-order valence-corrected chi connectivity index (χ2v) is 7.59. The van der Waals surface area contributed by atoms with Gasteiger partial charge in [-0.3, -0.25) is 4.79 Å². The van der Waals surface area contributed by atoms with Crippen molar-refractivity contribution in [1.82, 2.24) is 15.1 Å². The molecule has 2 aromatic carbocycles. The smallest absolute Gasteiger partial charge is 0.223 e. The summed E-state index contributed by atoms with van der Waals surface area (Å²) in [6.45, 7) is 5.60. The molecule has 1 amide bonds. The molecule has 0 saturated carbocycles. The molecule has 0 spiro atoms. The number of aryl methyl sites for hydroxylation is 1. The van der Waals surface area contributed by atoms with Crippen LogP contribution in [0.4, 0.5) is 5.82 Å². The zero-order valence-corrected chi connectivity index (χ0v) is 17.9. The molecule has 1 aliphatic heterocycles. The minimum atomic E-state index is 0.223. The van der Waals surface area contributed by atoms with Crippen molar-refractivity contribution in [2.45, 2.75) is 19.8 Å². The second-order valence-electron chi connectivity index (χ2n) is 7.59. The van der Waals surface area contributed by atoms with Crippen LogP contribution in [-0.4, -0.2) is 53.8 Å². The molecule has 4 rings (SSSR count). The molecule has 3 aromatic rings. The fourth-order valence-electron chi connectivity index (χ4n) is 3.78. The van der Waals surface area contributed by atoms with E-state index in [0.717, 1.165) is 55.4 Å². The number of amides is 1. The van der Waals surface area contributed by atoms with Crippen molar-refractivity contribution in [3.63, 3.8) is 0 Å². The molecule has 31 heavy (non-hydrogen) atoms. The van der Waals surface area contributed by atoms with Gasteiger partial charge in [0.1, 0.15) is 5.75 Å². The van der Waals surface area contributed by atoms with Crippen LogP contribution in [0.2, 0.25) is 0 Å². The minimum Gasteiger partial charge on any atom is -0.494 e. The number of hydrogen-bond acceptors (Lipinski definition) is 5. The number of carbonyl (C=O) groups is 1. The number of piperazine rings is 1. The topological polar surface area (TPSA) is 58.6 Å². The predicted molar refractivity (Wildman–Crippen MR) is 122 cm³/mol. The standard InChI is InChI=1S/C25H28N4O2/c1-2-31-22-11-9-21(10-12-22)23-13-14-24(27-26-23)28-16-18-29(19-17-28)25(30)15-8-20-6-4-3-5-7-20/h3-7,9-14H,2,8,15-19H2,1H3. The summed E-state index contributed by atoms with van der Waals surface area (Å²) in [6.07, 6.45) is 1.35. The maximum absolute atomic E-state index is 12.6. The lowest BCUT2D eigenvalue weighted by atomic mass is 10.1. The number of anilines is 1. The van der Waals surface area contributed by atoms with E-state index in [0.29, 0.717) is 13.0 Å². The molecule has 0 bridgehead atoms. The zero-order chi connectivity index (χ0) is 21.5. The number of rotatable bonds is 7. The van der Waals surface area contributed by atoms with Gasteiger partial charge in [-0.15, -0.1) is 10.2 Å². The summed E-state index contributed by atoms with van der Waals surface area (Å²) in [5, 5.41) is 8.83. The Hall–Kier alpha value is -3.41. The average Bonchev–Trinajstić information content (AvgIpc) is 2.84. The van der Waals surface area contributed by atoms with Gasteiger partial charge < -0.3 is 14.5 Å². The molecule has 0 aliphatic carbocycles. The van der Waals surface area contributed by atoms with Gasteiger partial charge in [-0.25, -0.2) is 0 Å². The van der Waals surface area contributed by atoms with Gasteiger partial charge in [0.25, 0.3) is 0 Å². The van der Waals surface area contributed by atoms with Crippen molar-refractivity contribution in [2.24, 2.45) is 0 Å². The molecule has 6 heteroatoms. The molecule has 1 saturated heterocycles. The summed E-state index contributed by atoms with van der Waals surface area (Å²) in [6, 6.07) is 22.1. The Morgan fingerprint density at radius 1 is 0.903 bits per heavy atom. The highest BCUT2D eigenvalue weighted by molar-refractivity contribution is 5.76. The Balaban J connectivity index is 1.29. The third-order valence-electron chi connectivity index (χ3n) is 5.54. The van der Waals surface area contributed by atoms with Crippen molar-refractivity contribution in [2.75, 3.05) is 37.7 Å². The van der Waals surface area contributed by atoms with E-state index in [-0.39, 0.29) is 5.91 Å². The number of benzene rings is 2. The summed E-state index contributed by atoms with van der Waals surface area (Å²) in [7, 11) is 0. The number of ether oxygens (including phenoxy) is 1. The van der Waals surface area contributed by atoms with Gasteiger partial charge in [-0.1, -0.05) is 30.3 Å². The highest BCUT2D eigenvalue weighted by atomic mass is 16.5. The molecule has 0 atom stereocenters. The molecule has 1 fully saturated rings. The minimum absolute atomic E-state index is 0.223. The largest absolute Gasteiger partial charge is 0.494 e. The first-order valence-electron chi connectivity index (χ1n) is 10.9. The maximum Gasteiger partial charge on any atom is 0.223 e. The number of aromatic nitrogens is 2. The average molecular weight is 417 g/mol. The van der Waals surface area contributed by atoms with E-state index in [9.17, 15) is 4.79 Å². The van der Waals surface area contributed by atoms with Crippen LogP contribution in [0, 0.1) is 0 Å². The Bertz CT molecular complexity index is 967. The van der Waals surface area contributed by atoms with Gasteiger partial charge in [-0.2, -0.15) is 0 Å². The zero-order valence-electron chi connectivity index (χ0n) is 17.9. The molecular formula is C25H28N4O2. The summed E-state index contributed by atoms with van der Waals surface area (Å²) in [5.41, 5.74) is 3.05. The monoisotopic (exact) mass is 416 g/mol. The predicted octanol–water partition coefficient (Wildman–Crippen LogP) is 3.82. The normalized spacial score (nSPS) is 13.8. The van der Waals surface area contributed by atoms with E-state index >= 15 is 0 Å². The Kier molecular flexibility index (Phi) is 6.77. The Labute approximate surface area is 183 Å². The fraction of sp³-hybridized carbons (Fsp3) is 0.320. The molecule has 0 N–H and O–H groups in total. The van der Waals surface area contributed by atoms with Crippen molar-refractivity contribution in [1.29, 1.82) is 0 Å². The molecule has 160 valence electrons. The maximum atomic E-state index is 12.6. The fourth-order valence-corrected chi connectivity index (χ4v) is 3.78. The van der Waals surface area contributed by atoms with Crippen LogP contribution in [0.25, 0.3) is 11.3 Å². The SMILES string of the molecule is CCOc1ccc(-c2ccc(N3CCN(C(=O)CCc4ccccc4)CC3)nn2)cc1. The van der Waals surface area contributed by atoms with Crippen molar-refractivity contribution in [3.05, 3.63) is 72.3 Å². The van der Waals surface area contributed by atoms with Crippen LogP contribution in [0.5, 0.6) is 5.75 Å². The molecule has 6 nitrogen and oxygen atoms in total. The van der Waals surface area contributed by atoms with Crippen LogP contribution < -0.4 is 9.64 Å². The quantitative estimate of drug-likeness (QED) is 0.586. The third kappa shape index (κ3) is 5.40. The van der Waals surface area contributed by atoms with E-state index in [2.05, 4.69) is 27.2 Å². The highest BCUT2D eigenvalue weighted by Gasteiger charge is 2.22. The molecular weight excluding hydrogens is 388 g/mol. The van der Waals surface area contributed by atoms with Gasteiger partial charge in [0.15, 0.2) is 5.82 Å². The van der Waals surface area contributed by atoms with Gasteiger partial charge >= 0.3 is 0 Å². The first-order valence-corrected chi connectivity index (χ1v) is 10.9. The molecule has 1 aromatic heterocycles. The van der Waals surface area contributed by atoms with Gasteiger partial charge in [0, 0.05) is 38.2 Å². The van der Waals surface area contributed by atoms with Gasteiger partial charge in [0.05, 0.1) is 12.3 Å². The summed E-state index contributed by atoms with van der Waals surface area (Å²) in [5.74, 6) is 1.93. The van der Waals surface area contributed by atoms with Crippen LogP contribution in [0.3, 0.4) is 0 Å². The van der Waals surface area contributed by atoms with Crippen molar-refractivity contribution >= 4 is 11.7 Å². The van der Waals surface area contributed by atoms with E-state index in [1.807, 2.05) is 66.4 Å². The molecule has 0 unspecified atom stereocenters. The van der Waals surface area contributed by atoms with Gasteiger partial charge in [0.2, 0.25) is 5.91 Å². The first kappa shape index (κ1) is 20.8. The Morgan fingerprint density at radius 2 is 1.65 bits per heavy atom. The lowest BCUT2D eigenvalue weighted by Crippen LogP contribution is -2.49. The lowest BCUT2D eigenvalue weighted by molar-refractivity contribution is -0.131. The van der Waals surface area contributed by atoms with E-state index < -0.39 is 0 Å². The molecule has 2 heterocycles. The van der Waals surface area contributed by atoms with Crippen molar-refractivity contribution < 1.29 is 9.53 Å². The number of nitrogens with zero attached hydrogens (tertiary/aromatic N) is 4. The van der Waals surface area contributed by atoms with Crippen LogP contribution in [0.15, 0.2) is 66.7 Å². The van der Waals surface area contributed by atoms with Gasteiger partial charge in [-0.05, 0) is 55.3 Å². The number of hydrogen-bond donors (Lipinski definition) is 0. The Morgan fingerprint density at radius 3 is 2.29 bits per heavy atom. The summed E-state index contributed by atoms with van der Waals surface area (Å²) in [4.78, 5) is 16.7. The molecule has 0 radical (unpaired) electrons. The number of carbonyl (C=O) groups excluding carboxylic acids is 1. The second kappa shape index (κ2) is 10.1. The van der Waals surface area contributed by atoms with E-state index in [1.165, 1.54) is 5.56 Å². The van der Waals surface area contributed by atoms with E-state index in [4.69, 9.17) is 4.74 Å². The van der Waals surface area contributed by atoms with Crippen LogP contribution in [0.1, 0.15) is 18.9 Å². The van der Waals surface area contributed by atoms with Crippen LogP contribution >= 0.6 is 0 Å². The third-order valence-corrected chi connectivity index (χ3v) is 5.54. The first-order chi connectivity index (χ1) is 15.2. The molecule has 1 aliphatic rings. The van der Waals surface area contributed by atoms with Crippen molar-refractivity contribution in [3.8, 4) is 17.0 Å². The summed E-state index contributed by atoms with van der Waals surface area (Å²) >= 11 is 0. The highest BCUT2D eigenvalue weighted by Crippen LogP contribution is 2.22. The summed E-state index contributed by atoms with van der Waals surface area (Å²) < 4.78 is 5.49.